The van der Waals surface area contributed by atoms with Crippen molar-refractivity contribution in [1.29, 1.82) is 0 Å². The van der Waals surface area contributed by atoms with Crippen molar-refractivity contribution in [2.45, 2.75) is 38.6 Å². The first-order valence-electron chi connectivity index (χ1n) is 9.64. The van der Waals surface area contributed by atoms with Gasteiger partial charge in [0.25, 0.3) is 11.8 Å². The van der Waals surface area contributed by atoms with Gasteiger partial charge in [-0.05, 0) is 42.5 Å². The van der Waals surface area contributed by atoms with Crippen molar-refractivity contribution in [1.82, 2.24) is 10.6 Å². The maximum absolute atomic E-state index is 12.7. The van der Waals surface area contributed by atoms with Gasteiger partial charge in [0, 0.05) is 18.7 Å². The summed E-state index contributed by atoms with van der Waals surface area (Å²) < 4.78 is 10.8. The third kappa shape index (κ3) is 6.24. The molecule has 6 nitrogen and oxygen atoms in total. The lowest BCUT2D eigenvalue weighted by Gasteiger charge is -2.29. The van der Waals surface area contributed by atoms with Crippen LogP contribution in [0.1, 0.15) is 43.1 Å². The van der Waals surface area contributed by atoms with Gasteiger partial charge in [-0.3, -0.25) is 9.59 Å². The zero-order valence-electron chi connectivity index (χ0n) is 17.7. The van der Waals surface area contributed by atoms with Gasteiger partial charge < -0.3 is 20.1 Å². The van der Waals surface area contributed by atoms with Crippen LogP contribution in [0.5, 0.6) is 11.5 Å². The maximum atomic E-state index is 12.7. The van der Waals surface area contributed by atoms with E-state index in [4.69, 9.17) is 9.47 Å². The summed E-state index contributed by atoms with van der Waals surface area (Å²) in [7, 11) is 3.03. The third-order valence-electron chi connectivity index (χ3n) is 4.81. The van der Waals surface area contributed by atoms with E-state index in [1.165, 1.54) is 19.7 Å². The number of carbonyl (C=O) groups is 2. The van der Waals surface area contributed by atoms with Crippen molar-refractivity contribution in [3.63, 3.8) is 0 Å². The molecule has 0 spiro atoms. The molecule has 0 aliphatic rings. The summed E-state index contributed by atoms with van der Waals surface area (Å²) >= 11 is 0. The predicted octanol–water partition coefficient (Wildman–Crippen LogP) is 3.31. The number of hydrogen-bond donors (Lipinski definition) is 2. The Labute approximate surface area is 172 Å². The summed E-state index contributed by atoms with van der Waals surface area (Å²) in [5.41, 5.74) is 1.64. The fraction of sp³-hybridized carbons (Fsp3) is 0.391. The summed E-state index contributed by atoms with van der Waals surface area (Å²) in [6.45, 7) is 6.23. The van der Waals surface area contributed by atoms with Crippen molar-refractivity contribution in [2.75, 3.05) is 20.8 Å². The second-order valence-corrected chi connectivity index (χ2v) is 7.66. The Hall–Kier alpha value is -3.02. The Balaban J connectivity index is 2.03. The minimum Gasteiger partial charge on any atom is -0.493 e. The highest BCUT2D eigenvalue weighted by molar-refractivity contribution is 5.95. The molecule has 2 amide bonds. The van der Waals surface area contributed by atoms with Gasteiger partial charge in [0.05, 0.1) is 7.11 Å². The van der Waals surface area contributed by atoms with Crippen LogP contribution in [-0.4, -0.2) is 38.6 Å². The SMILES string of the molecule is CNC(=O)COc1ccc(C(=O)NC(C)CC(C)(C)c2ccccc2)cc1OC. The molecule has 156 valence electrons. The van der Waals surface area contributed by atoms with Crippen molar-refractivity contribution in [3.05, 3.63) is 59.7 Å². The van der Waals surface area contributed by atoms with E-state index in [0.717, 1.165) is 6.42 Å². The fourth-order valence-corrected chi connectivity index (χ4v) is 3.27. The molecule has 1 atom stereocenters. The Bertz CT molecular complexity index is 834. The zero-order chi connectivity index (χ0) is 21.4. The molecule has 0 aromatic heterocycles. The molecule has 2 N–H and O–H groups in total. The highest BCUT2D eigenvalue weighted by Gasteiger charge is 2.24. The molecule has 0 radical (unpaired) electrons. The van der Waals surface area contributed by atoms with E-state index in [2.05, 4.69) is 36.6 Å². The second-order valence-electron chi connectivity index (χ2n) is 7.66. The number of carbonyl (C=O) groups excluding carboxylic acids is 2. The normalized spacial score (nSPS) is 12.0. The van der Waals surface area contributed by atoms with Crippen LogP contribution in [0.3, 0.4) is 0 Å². The molecule has 2 rings (SSSR count). The first-order chi connectivity index (χ1) is 13.8. The lowest BCUT2D eigenvalue weighted by molar-refractivity contribution is -0.122. The summed E-state index contributed by atoms with van der Waals surface area (Å²) in [5, 5.41) is 5.54. The molecule has 2 aromatic carbocycles. The first kappa shape index (κ1) is 22.3. The van der Waals surface area contributed by atoms with Crippen molar-refractivity contribution in [2.24, 2.45) is 0 Å². The number of rotatable bonds is 9. The molecule has 0 aliphatic carbocycles. The van der Waals surface area contributed by atoms with Gasteiger partial charge in [-0.15, -0.1) is 0 Å². The van der Waals surface area contributed by atoms with Crippen molar-refractivity contribution < 1.29 is 19.1 Å². The van der Waals surface area contributed by atoms with Gasteiger partial charge in [0.2, 0.25) is 0 Å². The maximum Gasteiger partial charge on any atom is 0.257 e. The number of amides is 2. The van der Waals surface area contributed by atoms with E-state index in [-0.39, 0.29) is 29.9 Å². The van der Waals surface area contributed by atoms with Gasteiger partial charge in [-0.2, -0.15) is 0 Å². The molecule has 0 fully saturated rings. The minimum absolute atomic E-state index is 0.0205. The number of benzene rings is 2. The molecule has 0 saturated heterocycles. The quantitative estimate of drug-likeness (QED) is 0.679. The average Bonchev–Trinajstić information content (AvgIpc) is 2.71. The Morgan fingerprint density at radius 3 is 2.38 bits per heavy atom. The minimum atomic E-state index is -0.247. The molecule has 2 aromatic rings. The molecule has 1 unspecified atom stereocenters. The van der Waals surface area contributed by atoms with Crippen LogP contribution in [0.25, 0.3) is 0 Å². The molecular weight excluding hydrogens is 368 g/mol. The third-order valence-corrected chi connectivity index (χ3v) is 4.81. The standard InChI is InChI=1S/C23H30N2O4/c1-16(14-23(2,3)18-9-7-6-8-10-18)25-22(27)17-11-12-19(20(13-17)28-5)29-15-21(26)24-4/h6-13,16H,14-15H2,1-5H3,(H,24,26)(H,25,27). The average molecular weight is 399 g/mol. The van der Waals surface area contributed by atoms with Gasteiger partial charge in [0.15, 0.2) is 18.1 Å². The van der Waals surface area contributed by atoms with Gasteiger partial charge in [-0.1, -0.05) is 44.2 Å². The van der Waals surface area contributed by atoms with E-state index in [9.17, 15) is 9.59 Å². The van der Waals surface area contributed by atoms with E-state index in [1.807, 2.05) is 25.1 Å². The van der Waals surface area contributed by atoms with Crippen LogP contribution in [0, 0.1) is 0 Å². The van der Waals surface area contributed by atoms with E-state index in [0.29, 0.717) is 17.1 Å². The Morgan fingerprint density at radius 2 is 1.76 bits per heavy atom. The second kappa shape index (κ2) is 9.96. The van der Waals surface area contributed by atoms with Crippen LogP contribution in [0.4, 0.5) is 0 Å². The van der Waals surface area contributed by atoms with Crippen LogP contribution in [-0.2, 0) is 10.2 Å². The summed E-state index contributed by atoms with van der Waals surface area (Å²) in [5.74, 6) is 0.381. The Morgan fingerprint density at radius 1 is 1.07 bits per heavy atom. The largest absolute Gasteiger partial charge is 0.493 e. The van der Waals surface area contributed by atoms with Crippen LogP contribution in [0.15, 0.2) is 48.5 Å². The monoisotopic (exact) mass is 398 g/mol. The zero-order valence-corrected chi connectivity index (χ0v) is 17.7. The topological polar surface area (TPSA) is 76.7 Å². The summed E-state index contributed by atoms with van der Waals surface area (Å²) in [4.78, 5) is 24.1. The van der Waals surface area contributed by atoms with Gasteiger partial charge in [-0.25, -0.2) is 0 Å². The van der Waals surface area contributed by atoms with Gasteiger partial charge >= 0.3 is 0 Å². The van der Waals surface area contributed by atoms with Gasteiger partial charge in [0.1, 0.15) is 0 Å². The molecule has 29 heavy (non-hydrogen) atoms. The molecule has 0 heterocycles. The van der Waals surface area contributed by atoms with Crippen molar-refractivity contribution >= 4 is 11.8 Å². The van der Waals surface area contributed by atoms with Crippen LogP contribution < -0.4 is 20.1 Å². The molecule has 0 saturated carbocycles. The molecule has 6 heteroatoms. The summed E-state index contributed by atoms with van der Waals surface area (Å²) in [6, 6.07) is 15.2. The Kier molecular flexibility index (Phi) is 7.65. The van der Waals surface area contributed by atoms with Crippen LogP contribution in [0.2, 0.25) is 0 Å². The molecule has 0 aliphatic heterocycles. The first-order valence-corrected chi connectivity index (χ1v) is 9.64. The van der Waals surface area contributed by atoms with E-state index in [1.54, 1.807) is 18.2 Å². The highest BCUT2D eigenvalue weighted by Crippen LogP contribution is 2.29. The number of nitrogens with one attached hydrogen (secondary N) is 2. The van der Waals surface area contributed by atoms with E-state index < -0.39 is 0 Å². The van der Waals surface area contributed by atoms with Crippen molar-refractivity contribution in [3.8, 4) is 11.5 Å². The van der Waals surface area contributed by atoms with Crippen LogP contribution >= 0.6 is 0 Å². The fourth-order valence-electron chi connectivity index (χ4n) is 3.27. The lowest BCUT2D eigenvalue weighted by atomic mass is 9.79. The summed E-state index contributed by atoms with van der Waals surface area (Å²) in [6.07, 6.45) is 0.799. The molecular formula is C23H30N2O4. The number of methoxy groups -OCH3 is 1. The van der Waals surface area contributed by atoms with E-state index >= 15 is 0 Å². The molecule has 0 bridgehead atoms. The smallest absolute Gasteiger partial charge is 0.257 e. The number of ether oxygens (including phenoxy) is 2. The number of likely N-dealkylation sites (N-methyl/N-ethyl adjacent to an activating group) is 1. The number of hydrogen-bond acceptors (Lipinski definition) is 4. The predicted molar refractivity (Wildman–Crippen MR) is 114 cm³/mol. The lowest BCUT2D eigenvalue weighted by Crippen LogP contribution is -2.37. The highest BCUT2D eigenvalue weighted by atomic mass is 16.5.